The lowest BCUT2D eigenvalue weighted by atomic mass is 10.1. The standard InChI is InChI=1S/C22H28FN3O2.HI/c1-16(8-9-17-6-4-3-5-7-17)26-22(24-2)25-11-10-18-12-20(23)13-19-14-27-15-28-21(18)19;/h3-7,12-13,16H,8-11,14-15H2,1-2H3,(H2,24,25,26);1H. The van der Waals surface area contributed by atoms with Gasteiger partial charge in [-0.1, -0.05) is 30.3 Å². The topological polar surface area (TPSA) is 54.9 Å². The fraction of sp³-hybridized carbons (Fsp3) is 0.409. The van der Waals surface area contributed by atoms with Gasteiger partial charge in [-0.2, -0.15) is 0 Å². The minimum Gasteiger partial charge on any atom is -0.467 e. The number of guanidine groups is 1. The Balaban J connectivity index is 0.00000300. The van der Waals surface area contributed by atoms with Crippen molar-refractivity contribution >= 4 is 29.9 Å². The highest BCUT2D eigenvalue weighted by Gasteiger charge is 2.17. The largest absolute Gasteiger partial charge is 0.467 e. The molecule has 0 saturated heterocycles. The second kappa shape index (κ2) is 12.0. The molecule has 0 bridgehead atoms. The SMILES string of the molecule is CN=C(NCCc1cc(F)cc2c1OCOC2)NC(C)CCc1ccccc1.I. The molecule has 1 aliphatic rings. The van der Waals surface area contributed by atoms with Gasteiger partial charge in [-0.25, -0.2) is 4.39 Å². The molecule has 0 radical (unpaired) electrons. The Morgan fingerprint density at radius 1 is 1.21 bits per heavy atom. The highest BCUT2D eigenvalue weighted by molar-refractivity contribution is 14.0. The number of nitrogens with one attached hydrogen (secondary N) is 2. The van der Waals surface area contributed by atoms with Crippen molar-refractivity contribution in [2.75, 3.05) is 20.4 Å². The van der Waals surface area contributed by atoms with Gasteiger partial charge in [0.05, 0.1) is 6.61 Å². The molecule has 1 aliphatic heterocycles. The number of aliphatic imine (C=N–C) groups is 1. The number of hydrogen-bond donors (Lipinski definition) is 2. The van der Waals surface area contributed by atoms with Crippen LogP contribution in [-0.4, -0.2) is 32.4 Å². The van der Waals surface area contributed by atoms with Gasteiger partial charge in [-0.05, 0) is 49.4 Å². The zero-order valence-electron chi connectivity index (χ0n) is 16.9. The van der Waals surface area contributed by atoms with Gasteiger partial charge in [0, 0.05) is 25.2 Å². The molecule has 2 aromatic rings. The van der Waals surface area contributed by atoms with E-state index in [1.165, 1.54) is 17.7 Å². The summed E-state index contributed by atoms with van der Waals surface area (Å²) >= 11 is 0. The van der Waals surface area contributed by atoms with Crippen LogP contribution >= 0.6 is 24.0 Å². The van der Waals surface area contributed by atoms with E-state index in [0.717, 1.165) is 35.7 Å². The summed E-state index contributed by atoms with van der Waals surface area (Å²) in [5.74, 6) is 1.23. The molecule has 0 saturated carbocycles. The molecule has 1 heterocycles. The van der Waals surface area contributed by atoms with E-state index < -0.39 is 0 Å². The lowest BCUT2D eigenvalue weighted by Gasteiger charge is -2.21. The molecule has 158 valence electrons. The smallest absolute Gasteiger partial charge is 0.191 e. The molecule has 0 aliphatic carbocycles. The number of fused-ring (bicyclic) bond motifs is 1. The summed E-state index contributed by atoms with van der Waals surface area (Å²) in [5.41, 5.74) is 2.94. The van der Waals surface area contributed by atoms with Crippen molar-refractivity contribution in [1.29, 1.82) is 0 Å². The monoisotopic (exact) mass is 513 g/mol. The fourth-order valence-corrected chi connectivity index (χ4v) is 3.29. The van der Waals surface area contributed by atoms with Gasteiger partial charge in [-0.3, -0.25) is 4.99 Å². The Labute approximate surface area is 189 Å². The van der Waals surface area contributed by atoms with Gasteiger partial charge in [0.25, 0.3) is 0 Å². The molecule has 3 rings (SSSR count). The third-order valence-electron chi connectivity index (χ3n) is 4.75. The van der Waals surface area contributed by atoms with Crippen LogP contribution in [-0.2, 0) is 24.2 Å². The highest BCUT2D eigenvalue weighted by atomic mass is 127. The first-order valence-electron chi connectivity index (χ1n) is 9.68. The second-order valence-corrected chi connectivity index (χ2v) is 6.98. The van der Waals surface area contributed by atoms with E-state index >= 15 is 0 Å². The zero-order chi connectivity index (χ0) is 19.8. The molecule has 2 aromatic carbocycles. The number of halogens is 2. The first-order chi connectivity index (χ1) is 13.7. The van der Waals surface area contributed by atoms with Crippen LogP contribution in [0.15, 0.2) is 47.5 Å². The van der Waals surface area contributed by atoms with Crippen molar-refractivity contribution < 1.29 is 13.9 Å². The van der Waals surface area contributed by atoms with Crippen LogP contribution in [0.5, 0.6) is 5.75 Å². The third-order valence-corrected chi connectivity index (χ3v) is 4.75. The summed E-state index contributed by atoms with van der Waals surface area (Å²) in [5, 5.41) is 6.71. The lowest BCUT2D eigenvalue weighted by Crippen LogP contribution is -2.43. The van der Waals surface area contributed by atoms with E-state index in [1.807, 2.05) is 6.07 Å². The average molecular weight is 513 g/mol. The summed E-state index contributed by atoms with van der Waals surface area (Å²) in [6, 6.07) is 13.7. The molecular formula is C22H29FIN3O2. The molecule has 0 aromatic heterocycles. The van der Waals surface area contributed by atoms with Crippen LogP contribution in [0.4, 0.5) is 4.39 Å². The average Bonchev–Trinajstić information content (AvgIpc) is 2.72. The van der Waals surface area contributed by atoms with Crippen LogP contribution in [0.2, 0.25) is 0 Å². The Morgan fingerprint density at radius 2 is 2.00 bits per heavy atom. The first-order valence-corrected chi connectivity index (χ1v) is 9.68. The quantitative estimate of drug-likeness (QED) is 0.334. The van der Waals surface area contributed by atoms with Crippen LogP contribution in [0.3, 0.4) is 0 Å². The van der Waals surface area contributed by atoms with Crippen LogP contribution in [0.1, 0.15) is 30.0 Å². The first kappa shape index (κ1) is 23.4. The predicted molar refractivity (Wildman–Crippen MR) is 125 cm³/mol. The maximum Gasteiger partial charge on any atom is 0.191 e. The van der Waals surface area contributed by atoms with Crippen LogP contribution in [0.25, 0.3) is 0 Å². The Kier molecular flexibility index (Phi) is 9.66. The van der Waals surface area contributed by atoms with Gasteiger partial charge in [0.1, 0.15) is 11.6 Å². The van der Waals surface area contributed by atoms with E-state index in [4.69, 9.17) is 9.47 Å². The zero-order valence-corrected chi connectivity index (χ0v) is 19.2. The summed E-state index contributed by atoms with van der Waals surface area (Å²) < 4.78 is 24.6. The number of ether oxygens (including phenoxy) is 2. The molecule has 0 amide bonds. The number of rotatable bonds is 7. The second-order valence-electron chi connectivity index (χ2n) is 6.98. The van der Waals surface area contributed by atoms with E-state index in [9.17, 15) is 4.39 Å². The predicted octanol–water partition coefficient (Wildman–Crippen LogP) is 4.04. The van der Waals surface area contributed by atoms with Crippen molar-refractivity contribution in [2.45, 2.75) is 38.8 Å². The molecular weight excluding hydrogens is 484 g/mol. The molecule has 0 spiro atoms. The number of aryl methyl sites for hydroxylation is 1. The summed E-state index contributed by atoms with van der Waals surface area (Å²) in [6.45, 7) is 3.37. The Hall–Kier alpha value is -1.87. The minimum atomic E-state index is -0.264. The maximum absolute atomic E-state index is 13.8. The van der Waals surface area contributed by atoms with Gasteiger partial charge in [-0.15, -0.1) is 24.0 Å². The summed E-state index contributed by atoms with van der Waals surface area (Å²) in [6.07, 6.45) is 2.66. The van der Waals surface area contributed by atoms with Crippen molar-refractivity contribution in [2.24, 2.45) is 4.99 Å². The summed E-state index contributed by atoms with van der Waals surface area (Å²) in [4.78, 5) is 4.29. The van der Waals surface area contributed by atoms with Crippen molar-refractivity contribution in [1.82, 2.24) is 10.6 Å². The molecule has 7 heteroatoms. The normalized spacial score (nSPS) is 14.2. The van der Waals surface area contributed by atoms with Crippen LogP contribution < -0.4 is 15.4 Å². The van der Waals surface area contributed by atoms with Crippen LogP contribution in [0, 0.1) is 5.82 Å². The molecule has 1 atom stereocenters. The number of nitrogens with zero attached hydrogens (tertiary/aromatic N) is 1. The Morgan fingerprint density at radius 3 is 2.76 bits per heavy atom. The highest BCUT2D eigenvalue weighted by Crippen LogP contribution is 2.29. The molecule has 5 nitrogen and oxygen atoms in total. The molecule has 0 fully saturated rings. The summed E-state index contributed by atoms with van der Waals surface area (Å²) in [7, 11) is 1.75. The van der Waals surface area contributed by atoms with Gasteiger partial charge in [0.15, 0.2) is 12.8 Å². The van der Waals surface area contributed by atoms with Crippen molar-refractivity contribution in [3.8, 4) is 5.75 Å². The van der Waals surface area contributed by atoms with E-state index in [1.54, 1.807) is 7.05 Å². The minimum absolute atomic E-state index is 0. The van der Waals surface area contributed by atoms with E-state index in [-0.39, 0.29) is 42.6 Å². The molecule has 2 N–H and O–H groups in total. The van der Waals surface area contributed by atoms with Gasteiger partial charge >= 0.3 is 0 Å². The molecule has 1 unspecified atom stereocenters. The number of hydrogen-bond acceptors (Lipinski definition) is 3. The van der Waals surface area contributed by atoms with Crippen molar-refractivity contribution in [3.63, 3.8) is 0 Å². The maximum atomic E-state index is 13.8. The number of benzene rings is 2. The van der Waals surface area contributed by atoms with Crippen molar-refractivity contribution in [3.05, 3.63) is 65.0 Å². The molecule has 29 heavy (non-hydrogen) atoms. The van der Waals surface area contributed by atoms with E-state index in [0.29, 0.717) is 19.6 Å². The fourth-order valence-electron chi connectivity index (χ4n) is 3.29. The van der Waals surface area contributed by atoms with Gasteiger partial charge < -0.3 is 20.1 Å². The Bertz CT molecular complexity index is 802. The van der Waals surface area contributed by atoms with Gasteiger partial charge in [0.2, 0.25) is 0 Å². The lowest BCUT2D eigenvalue weighted by molar-refractivity contribution is -0.0172. The third kappa shape index (κ3) is 7.15. The van der Waals surface area contributed by atoms with E-state index in [2.05, 4.69) is 46.8 Å².